The zero-order valence-electron chi connectivity index (χ0n) is 10.9. The predicted octanol–water partition coefficient (Wildman–Crippen LogP) is -1.38. The molecule has 0 bridgehead atoms. The van der Waals surface area contributed by atoms with Gasteiger partial charge in [0.15, 0.2) is 0 Å². The molecule has 0 saturated carbocycles. The Labute approximate surface area is 107 Å². The van der Waals surface area contributed by atoms with Crippen molar-refractivity contribution in [2.24, 2.45) is 11.1 Å². The van der Waals surface area contributed by atoms with Crippen molar-refractivity contribution in [2.75, 3.05) is 45.8 Å². The van der Waals surface area contributed by atoms with E-state index in [4.69, 9.17) is 5.73 Å². The molecule has 102 valence electrons. The summed E-state index contributed by atoms with van der Waals surface area (Å²) >= 11 is 0. The number of likely N-dealkylation sites (tertiary alicyclic amines) is 1. The van der Waals surface area contributed by atoms with E-state index < -0.39 is 5.41 Å². The molecule has 0 aromatic heterocycles. The molecule has 6 heteroatoms. The summed E-state index contributed by atoms with van der Waals surface area (Å²) in [6.45, 7) is 6.94. The number of carbonyl (C=O) groups excluding carboxylic acids is 2. The second-order valence-electron chi connectivity index (χ2n) is 5.52. The zero-order chi connectivity index (χ0) is 13.2. The Morgan fingerprint density at radius 3 is 2.50 bits per heavy atom. The van der Waals surface area contributed by atoms with E-state index >= 15 is 0 Å². The Bertz CT molecular complexity index is 341. The highest BCUT2D eigenvalue weighted by molar-refractivity contribution is 5.82. The molecule has 0 aromatic rings. The topological polar surface area (TPSA) is 78.7 Å². The summed E-state index contributed by atoms with van der Waals surface area (Å²) in [5, 5.41) is 3.22. The van der Waals surface area contributed by atoms with Crippen LogP contribution in [0.4, 0.5) is 0 Å². The highest BCUT2D eigenvalue weighted by Gasteiger charge is 2.39. The molecule has 2 fully saturated rings. The SMILES string of the molecule is CC1(C(N)=O)CCN(CC(=O)N2CCNCC2)C1. The molecule has 3 N–H and O–H groups in total. The van der Waals surface area contributed by atoms with Gasteiger partial charge >= 0.3 is 0 Å². The highest BCUT2D eigenvalue weighted by Crippen LogP contribution is 2.29. The number of nitrogens with two attached hydrogens (primary N) is 1. The average Bonchev–Trinajstić information content (AvgIpc) is 2.73. The van der Waals surface area contributed by atoms with Gasteiger partial charge in [-0.2, -0.15) is 0 Å². The first kappa shape index (κ1) is 13.3. The number of hydrogen-bond donors (Lipinski definition) is 2. The number of hydrogen-bond acceptors (Lipinski definition) is 4. The second-order valence-corrected chi connectivity index (χ2v) is 5.52. The number of primary amides is 1. The minimum Gasteiger partial charge on any atom is -0.369 e. The molecule has 0 spiro atoms. The third-order valence-corrected chi connectivity index (χ3v) is 3.98. The van der Waals surface area contributed by atoms with Gasteiger partial charge in [-0.25, -0.2) is 0 Å². The fourth-order valence-corrected chi connectivity index (χ4v) is 2.60. The molecule has 18 heavy (non-hydrogen) atoms. The summed E-state index contributed by atoms with van der Waals surface area (Å²) in [5.41, 5.74) is 4.93. The summed E-state index contributed by atoms with van der Waals surface area (Å²) in [7, 11) is 0. The number of amides is 2. The monoisotopic (exact) mass is 254 g/mol. The molecule has 2 saturated heterocycles. The third kappa shape index (κ3) is 2.81. The molecule has 2 aliphatic heterocycles. The molecule has 0 radical (unpaired) electrons. The standard InChI is InChI=1S/C12H22N4O2/c1-12(11(13)18)2-5-15(9-12)8-10(17)16-6-3-14-4-7-16/h14H,2-9H2,1H3,(H2,13,18). The van der Waals surface area contributed by atoms with Gasteiger partial charge in [-0.15, -0.1) is 0 Å². The predicted molar refractivity (Wildman–Crippen MR) is 67.8 cm³/mol. The van der Waals surface area contributed by atoms with E-state index in [1.807, 2.05) is 16.7 Å². The quantitative estimate of drug-likeness (QED) is 0.650. The summed E-state index contributed by atoms with van der Waals surface area (Å²) in [6, 6.07) is 0. The van der Waals surface area contributed by atoms with Gasteiger partial charge in [0.05, 0.1) is 12.0 Å². The Morgan fingerprint density at radius 2 is 1.94 bits per heavy atom. The fraction of sp³-hybridized carbons (Fsp3) is 0.833. The first-order valence-corrected chi connectivity index (χ1v) is 6.52. The second kappa shape index (κ2) is 5.24. The van der Waals surface area contributed by atoms with Gasteiger partial charge in [0.1, 0.15) is 0 Å². The van der Waals surface area contributed by atoms with Crippen molar-refractivity contribution in [1.29, 1.82) is 0 Å². The third-order valence-electron chi connectivity index (χ3n) is 3.98. The molecule has 2 amide bonds. The summed E-state index contributed by atoms with van der Waals surface area (Å²) < 4.78 is 0. The Balaban J connectivity index is 1.84. The Hall–Kier alpha value is -1.14. The normalized spacial score (nSPS) is 29.5. The van der Waals surface area contributed by atoms with Crippen molar-refractivity contribution in [3.63, 3.8) is 0 Å². The lowest BCUT2D eigenvalue weighted by Crippen LogP contribution is -2.49. The number of nitrogens with one attached hydrogen (secondary N) is 1. The largest absolute Gasteiger partial charge is 0.369 e. The van der Waals surface area contributed by atoms with Crippen molar-refractivity contribution in [1.82, 2.24) is 15.1 Å². The van der Waals surface area contributed by atoms with Crippen LogP contribution in [0.5, 0.6) is 0 Å². The minimum atomic E-state index is -0.469. The Kier molecular flexibility index (Phi) is 3.87. The zero-order valence-corrected chi connectivity index (χ0v) is 10.9. The molecular weight excluding hydrogens is 232 g/mol. The van der Waals surface area contributed by atoms with Gasteiger partial charge in [-0.05, 0) is 19.9 Å². The lowest BCUT2D eigenvalue weighted by molar-refractivity contribution is -0.133. The molecule has 1 unspecified atom stereocenters. The van der Waals surface area contributed by atoms with E-state index in [0.29, 0.717) is 13.1 Å². The Morgan fingerprint density at radius 1 is 1.28 bits per heavy atom. The van der Waals surface area contributed by atoms with Crippen molar-refractivity contribution in [3.05, 3.63) is 0 Å². The highest BCUT2D eigenvalue weighted by atomic mass is 16.2. The lowest BCUT2D eigenvalue weighted by atomic mass is 9.89. The maximum atomic E-state index is 12.1. The van der Waals surface area contributed by atoms with Crippen LogP contribution >= 0.6 is 0 Å². The molecule has 0 aromatic carbocycles. The van der Waals surface area contributed by atoms with Gasteiger partial charge < -0.3 is 16.0 Å². The average molecular weight is 254 g/mol. The fourth-order valence-electron chi connectivity index (χ4n) is 2.60. The van der Waals surface area contributed by atoms with Crippen molar-refractivity contribution in [3.8, 4) is 0 Å². The van der Waals surface area contributed by atoms with Gasteiger partial charge in [0, 0.05) is 32.7 Å². The van der Waals surface area contributed by atoms with Gasteiger partial charge in [0.2, 0.25) is 11.8 Å². The maximum Gasteiger partial charge on any atom is 0.236 e. The van der Waals surface area contributed by atoms with Crippen LogP contribution in [0, 0.1) is 5.41 Å². The first-order chi connectivity index (χ1) is 8.51. The van der Waals surface area contributed by atoms with Crippen molar-refractivity contribution < 1.29 is 9.59 Å². The molecule has 6 nitrogen and oxygen atoms in total. The lowest BCUT2D eigenvalue weighted by Gasteiger charge is -2.29. The van der Waals surface area contributed by atoms with Crippen molar-refractivity contribution >= 4 is 11.8 Å². The van der Waals surface area contributed by atoms with Crippen LogP contribution in [-0.4, -0.2) is 67.4 Å². The number of nitrogens with zero attached hydrogens (tertiary/aromatic N) is 2. The van der Waals surface area contributed by atoms with Crippen LogP contribution in [0.25, 0.3) is 0 Å². The first-order valence-electron chi connectivity index (χ1n) is 6.52. The van der Waals surface area contributed by atoms with Crippen molar-refractivity contribution in [2.45, 2.75) is 13.3 Å². The van der Waals surface area contributed by atoms with Crippen LogP contribution in [0.1, 0.15) is 13.3 Å². The van der Waals surface area contributed by atoms with E-state index in [0.717, 1.165) is 39.1 Å². The molecule has 2 aliphatic rings. The van der Waals surface area contributed by atoms with E-state index in [1.54, 1.807) is 0 Å². The maximum absolute atomic E-state index is 12.1. The summed E-state index contributed by atoms with van der Waals surface area (Å²) in [4.78, 5) is 27.3. The van der Waals surface area contributed by atoms with E-state index in [-0.39, 0.29) is 11.8 Å². The van der Waals surface area contributed by atoms with E-state index in [9.17, 15) is 9.59 Å². The molecule has 1 atom stereocenters. The van der Waals surface area contributed by atoms with Crippen LogP contribution in [-0.2, 0) is 9.59 Å². The van der Waals surface area contributed by atoms with Crippen LogP contribution in [0.3, 0.4) is 0 Å². The molecule has 0 aliphatic carbocycles. The van der Waals surface area contributed by atoms with Gasteiger partial charge in [-0.3, -0.25) is 14.5 Å². The van der Waals surface area contributed by atoms with Gasteiger partial charge in [0.25, 0.3) is 0 Å². The van der Waals surface area contributed by atoms with Crippen LogP contribution in [0.2, 0.25) is 0 Å². The minimum absolute atomic E-state index is 0.158. The molecule has 2 heterocycles. The summed E-state index contributed by atoms with van der Waals surface area (Å²) in [6.07, 6.45) is 0.747. The number of piperazine rings is 1. The van der Waals surface area contributed by atoms with Crippen LogP contribution < -0.4 is 11.1 Å². The summed E-state index contributed by atoms with van der Waals surface area (Å²) in [5.74, 6) is -0.107. The number of rotatable bonds is 3. The number of carbonyl (C=O) groups is 2. The smallest absolute Gasteiger partial charge is 0.236 e. The molecule has 2 rings (SSSR count). The van der Waals surface area contributed by atoms with Gasteiger partial charge in [-0.1, -0.05) is 0 Å². The molecular formula is C12H22N4O2. The van der Waals surface area contributed by atoms with E-state index in [2.05, 4.69) is 5.32 Å². The van der Waals surface area contributed by atoms with Crippen LogP contribution in [0.15, 0.2) is 0 Å². The van der Waals surface area contributed by atoms with E-state index in [1.165, 1.54) is 0 Å².